The minimum Gasteiger partial charge on any atom is -0.338 e. The second kappa shape index (κ2) is 12.7. The molecule has 2 amide bonds. The number of urea groups is 1. The molecule has 0 fully saturated rings. The highest BCUT2D eigenvalue weighted by Crippen LogP contribution is 2.35. The highest BCUT2D eigenvalue weighted by molar-refractivity contribution is 6.35. The Balaban J connectivity index is 1.80. The number of allylic oxidation sites excluding steroid dienone is 1. The highest BCUT2D eigenvalue weighted by Gasteiger charge is 2.24. The van der Waals surface area contributed by atoms with Crippen LogP contribution in [0.25, 0.3) is 16.9 Å². The van der Waals surface area contributed by atoms with Crippen LogP contribution in [0.2, 0.25) is 15.1 Å². The van der Waals surface area contributed by atoms with Crippen LogP contribution in [-0.2, 0) is 6.54 Å². The zero-order valence-corrected chi connectivity index (χ0v) is 23.4. The SMILES string of the molecule is C=CCC(CC)(CC)CCNC(=O)NCc1cn(-c2ccc(Cl)cc2Cl)c(-c2ccc(Cl)cc2)c1C. The number of hydrogen-bond donors (Lipinski definition) is 2. The molecule has 0 unspecified atom stereocenters. The van der Waals surface area contributed by atoms with Crippen molar-refractivity contribution < 1.29 is 4.79 Å². The van der Waals surface area contributed by atoms with E-state index in [1.165, 1.54) is 0 Å². The lowest BCUT2D eigenvalue weighted by Gasteiger charge is -2.30. The summed E-state index contributed by atoms with van der Waals surface area (Å²) in [7, 11) is 0. The standard InChI is InChI=1S/C29H34Cl3N3O/c1-5-14-29(6-2,7-3)15-16-33-28(36)34-18-22-19-35(26-13-12-24(31)17-25(26)32)27(20(22)4)21-8-10-23(30)11-9-21/h5,8-13,17,19H,1,6-7,14-16,18H2,2-4H3,(H2,33,34,36). The van der Waals surface area contributed by atoms with Crippen molar-refractivity contribution in [1.82, 2.24) is 15.2 Å². The topological polar surface area (TPSA) is 46.1 Å². The molecule has 0 aliphatic carbocycles. The van der Waals surface area contributed by atoms with Gasteiger partial charge in [0.05, 0.1) is 16.4 Å². The summed E-state index contributed by atoms with van der Waals surface area (Å²) >= 11 is 18.8. The number of hydrogen-bond acceptors (Lipinski definition) is 1. The van der Waals surface area contributed by atoms with Gasteiger partial charge in [0.15, 0.2) is 0 Å². The van der Waals surface area contributed by atoms with Crippen LogP contribution in [0.15, 0.2) is 61.3 Å². The van der Waals surface area contributed by atoms with Crippen LogP contribution >= 0.6 is 34.8 Å². The van der Waals surface area contributed by atoms with Crippen molar-refractivity contribution in [3.8, 4) is 16.9 Å². The van der Waals surface area contributed by atoms with E-state index in [9.17, 15) is 4.79 Å². The van der Waals surface area contributed by atoms with Crippen LogP contribution in [0.5, 0.6) is 0 Å². The van der Waals surface area contributed by atoms with Gasteiger partial charge in [-0.05, 0) is 72.2 Å². The molecule has 0 saturated carbocycles. The summed E-state index contributed by atoms with van der Waals surface area (Å²) in [5.41, 5.74) is 5.01. The van der Waals surface area contributed by atoms with Crippen molar-refractivity contribution in [3.63, 3.8) is 0 Å². The van der Waals surface area contributed by atoms with Crippen LogP contribution in [0, 0.1) is 12.3 Å². The Kier molecular flexibility index (Phi) is 9.95. The highest BCUT2D eigenvalue weighted by atomic mass is 35.5. The lowest BCUT2D eigenvalue weighted by atomic mass is 9.76. The molecule has 0 radical (unpaired) electrons. The molecular weight excluding hydrogens is 513 g/mol. The number of carbonyl (C=O) groups is 1. The summed E-state index contributed by atoms with van der Waals surface area (Å²) in [6.07, 6.45) is 7.99. The van der Waals surface area contributed by atoms with Gasteiger partial charge in [-0.3, -0.25) is 0 Å². The first-order chi connectivity index (χ1) is 17.2. The normalized spacial score (nSPS) is 11.4. The Morgan fingerprint density at radius 1 is 1.03 bits per heavy atom. The molecular formula is C29H34Cl3N3O. The monoisotopic (exact) mass is 545 g/mol. The summed E-state index contributed by atoms with van der Waals surface area (Å²) in [6.45, 7) is 11.4. The third-order valence-electron chi connectivity index (χ3n) is 7.11. The van der Waals surface area contributed by atoms with E-state index in [0.717, 1.165) is 53.8 Å². The third-order valence-corrected chi connectivity index (χ3v) is 7.90. The van der Waals surface area contributed by atoms with E-state index < -0.39 is 0 Å². The molecule has 36 heavy (non-hydrogen) atoms. The third kappa shape index (κ3) is 6.67. The molecule has 1 aromatic heterocycles. The van der Waals surface area contributed by atoms with E-state index in [2.05, 4.69) is 31.1 Å². The summed E-state index contributed by atoms with van der Waals surface area (Å²) < 4.78 is 2.04. The Morgan fingerprint density at radius 2 is 1.69 bits per heavy atom. The van der Waals surface area contributed by atoms with Gasteiger partial charge in [0.1, 0.15) is 0 Å². The predicted octanol–water partition coefficient (Wildman–Crippen LogP) is 8.98. The van der Waals surface area contributed by atoms with Crippen molar-refractivity contribution in [2.75, 3.05) is 6.54 Å². The Bertz CT molecular complexity index is 1200. The van der Waals surface area contributed by atoms with Gasteiger partial charge in [0, 0.05) is 29.3 Å². The first-order valence-corrected chi connectivity index (χ1v) is 13.4. The van der Waals surface area contributed by atoms with E-state index in [1.807, 2.05) is 60.2 Å². The first kappa shape index (κ1) is 28.2. The first-order valence-electron chi connectivity index (χ1n) is 12.3. The molecule has 0 saturated heterocycles. The Labute approximate surface area is 229 Å². The number of nitrogens with one attached hydrogen (secondary N) is 2. The van der Waals surface area contributed by atoms with Gasteiger partial charge in [-0.1, -0.05) is 79.7 Å². The van der Waals surface area contributed by atoms with Crippen LogP contribution in [0.3, 0.4) is 0 Å². The maximum absolute atomic E-state index is 12.6. The van der Waals surface area contributed by atoms with Crippen LogP contribution < -0.4 is 10.6 Å². The van der Waals surface area contributed by atoms with Crippen LogP contribution in [0.4, 0.5) is 4.79 Å². The lowest BCUT2D eigenvalue weighted by molar-refractivity contribution is 0.224. The molecule has 1 heterocycles. The summed E-state index contributed by atoms with van der Waals surface area (Å²) in [5.74, 6) is 0. The molecule has 3 aromatic rings. The van der Waals surface area contributed by atoms with Crippen LogP contribution in [0.1, 0.15) is 50.7 Å². The zero-order valence-electron chi connectivity index (χ0n) is 21.1. The van der Waals surface area contributed by atoms with Gasteiger partial charge in [-0.2, -0.15) is 0 Å². The van der Waals surface area contributed by atoms with Gasteiger partial charge >= 0.3 is 6.03 Å². The average Bonchev–Trinajstić information content (AvgIpc) is 3.18. The number of aromatic nitrogens is 1. The van der Waals surface area contributed by atoms with Gasteiger partial charge in [-0.25, -0.2) is 4.79 Å². The van der Waals surface area contributed by atoms with Gasteiger partial charge < -0.3 is 15.2 Å². The van der Waals surface area contributed by atoms with Gasteiger partial charge in [0.2, 0.25) is 0 Å². The van der Waals surface area contributed by atoms with Gasteiger partial charge in [-0.15, -0.1) is 6.58 Å². The van der Waals surface area contributed by atoms with E-state index >= 15 is 0 Å². The van der Waals surface area contributed by atoms with E-state index in [4.69, 9.17) is 34.8 Å². The molecule has 192 valence electrons. The van der Waals surface area contributed by atoms with Crippen molar-refractivity contribution in [3.05, 3.63) is 87.5 Å². The summed E-state index contributed by atoms with van der Waals surface area (Å²) in [5, 5.41) is 7.81. The Hall–Kier alpha value is -2.40. The van der Waals surface area contributed by atoms with E-state index in [-0.39, 0.29) is 11.4 Å². The maximum Gasteiger partial charge on any atom is 0.315 e. The number of nitrogens with zero attached hydrogens (tertiary/aromatic N) is 1. The van der Waals surface area contributed by atoms with Crippen molar-refractivity contribution in [1.29, 1.82) is 0 Å². The zero-order chi connectivity index (χ0) is 26.3. The minimum atomic E-state index is -0.181. The molecule has 2 N–H and O–H groups in total. The molecule has 0 aliphatic rings. The molecule has 0 spiro atoms. The number of rotatable bonds is 11. The van der Waals surface area contributed by atoms with Crippen molar-refractivity contribution >= 4 is 40.8 Å². The molecule has 0 aliphatic heterocycles. The molecule has 2 aromatic carbocycles. The van der Waals surface area contributed by atoms with Crippen molar-refractivity contribution in [2.45, 2.75) is 53.0 Å². The minimum absolute atomic E-state index is 0.181. The quantitative estimate of drug-likeness (QED) is 0.232. The maximum atomic E-state index is 12.6. The smallest absolute Gasteiger partial charge is 0.315 e. The fourth-order valence-electron chi connectivity index (χ4n) is 4.64. The fraction of sp³-hybridized carbons (Fsp3) is 0.345. The lowest BCUT2D eigenvalue weighted by Crippen LogP contribution is -2.37. The Morgan fingerprint density at radius 3 is 2.31 bits per heavy atom. The van der Waals surface area contributed by atoms with Gasteiger partial charge in [0.25, 0.3) is 0 Å². The molecule has 3 rings (SSSR count). The van der Waals surface area contributed by atoms with E-state index in [0.29, 0.717) is 28.2 Å². The average molecular weight is 547 g/mol. The second-order valence-electron chi connectivity index (χ2n) is 9.16. The van der Waals surface area contributed by atoms with E-state index in [1.54, 1.807) is 6.07 Å². The predicted molar refractivity (Wildman–Crippen MR) is 154 cm³/mol. The summed E-state index contributed by atoms with van der Waals surface area (Å²) in [4.78, 5) is 12.6. The second-order valence-corrected chi connectivity index (χ2v) is 10.4. The number of carbonyl (C=O) groups excluding carboxylic acids is 1. The van der Waals surface area contributed by atoms with Crippen molar-refractivity contribution in [2.24, 2.45) is 5.41 Å². The molecule has 0 bridgehead atoms. The molecule has 7 heteroatoms. The molecule has 4 nitrogen and oxygen atoms in total. The van der Waals surface area contributed by atoms with Crippen LogP contribution in [-0.4, -0.2) is 17.1 Å². The summed E-state index contributed by atoms with van der Waals surface area (Å²) in [6, 6.07) is 12.9. The number of benzene rings is 2. The largest absolute Gasteiger partial charge is 0.338 e. The number of amides is 2. The fourth-order valence-corrected chi connectivity index (χ4v) is 5.26. The molecule has 0 atom stereocenters. The number of halogens is 3.